The maximum Gasteiger partial charge on any atom is 0.262 e. The molecule has 0 unspecified atom stereocenters. The number of para-hydroxylation sites is 1. The smallest absolute Gasteiger partial charge is 0.262 e. The third-order valence-corrected chi connectivity index (χ3v) is 5.49. The van der Waals surface area contributed by atoms with E-state index in [2.05, 4.69) is 0 Å². The zero-order valence-electron chi connectivity index (χ0n) is 16.2. The number of aryl methyl sites for hydroxylation is 1. The van der Waals surface area contributed by atoms with Crippen LogP contribution < -0.4 is 4.90 Å². The van der Waals surface area contributed by atoms with Crippen molar-refractivity contribution in [1.82, 2.24) is 4.90 Å². The van der Waals surface area contributed by atoms with Gasteiger partial charge in [-0.2, -0.15) is 0 Å². The normalized spacial score (nSPS) is 17.0. The van der Waals surface area contributed by atoms with Gasteiger partial charge in [-0.3, -0.25) is 19.3 Å². The van der Waals surface area contributed by atoms with Gasteiger partial charge in [-0.25, -0.2) is 0 Å². The van der Waals surface area contributed by atoms with Gasteiger partial charge in [0.25, 0.3) is 11.8 Å². The Hall–Kier alpha value is -2.95. The van der Waals surface area contributed by atoms with E-state index in [0.29, 0.717) is 24.1 Å². The molecule has 0 aromatic heterocycles. The lowest BCUT2D eigenvalue weighted by Gasteiger charge is -2.35. The number of carbonyl (C=O) groups is 3. The molecule has 2 aliphatic heterocycles. The summed E-state index contributed by atoms with van der Waals surface area (Å²) >= 11 is 0. The summed E-state index contributed by atoms with van der Waals surface area (Å²) in [5.74, 6) is -0.747. The second kappa shape index (κ2) is 7.23. The third kappa shape index (κ3) is 3.01. The van der Waals surface area contributed by atoms with Gasteiger partial charge in [0.05, 0.1) is 11.1 Å². The molecule has 0 N–H and O–H groups in total. The van der Waals surface area contributed by atoms with Crippen molar-refractivity contribution in [2.24, 2.45) is 5.92 Å². The van der Waals surface area contributed by atoms with Crippen LogP contribution in [0.2, 0.25) is 0 Å². The van der Waals surface area contributed by atoms with Gasteiger partial charge in [0.1, 0.15) is 6.04 Å². The maximum absolute atomic E-state index is 13.6. The molecule has 2 aromatic rings. The molecule has 0 saturated carbocycles. The van der Waals surface area contributed by atoms with Crippen molar-refractivity contribution < 1.29 is 14.4 Å². The highest BCUT2D eigenvalue weighted by Crippen LogP contribution is 2.32. The summed E-state index contributed by atoms with van der Waals surface area (Å²) < 4.78 is 0. The molecule has 1 atom stereocenters. The number of benzene rings is 2. The van der Waals surface area contributed by atoms with Gasteiger partial charge in [-0.15, -0.1) is 0 Å². The molecule has 0 bridgehead atoms. The summed E-state index contributed by atoms with van der Waals surface area (Å²) in [6, 6.07) is 13.9. The van der Waals surface area contributed by atoms with Crippen LogP contribution in [0.15, 0.2) is 48.5 Å². The quantitative estimate of drug-likeness (QED) is 0.765. The number of hydrogen-bond donors (Lipinski definition) is 0. The van der Waals surface area contributed by atoms with Crippen molar-refractivity contribution >= 4 is 23.4 Å². The van der Waals surface area contributed by atoms with E-state index in [9.17, 15) is 14.4 Å². The summed E-state index contributed by atoms with van der Waals surface area (Å²) in [4.78, 5) is 42.5. The van der Waals surface area contributed by atoms with Crippen molar-refractivity contribution in [3.63, 3.8) is 0 Å². The molecule has 0 spiro atoms. The van der Waals surface area contributed by atoms with E-state index in [4.69, 9.17) is 0 Å². The molecule has 0 aliphatic carbocycles. The van der Waals surface area contributed by atoms with Crippen LogP contribution in [0.4, 0.5) is 5.69 Å². The van der Waals surface area contributed by atoms with Crippen molar-refractivity contribution in [2.75, 3.05) is 11.4 Å². The fraction of sp³-hybridized carbons (Fsp3) is 0.348. The Morgan fingerprint density at radius 1 is 0.964 bits per heavy atom. The van der Waals surface area contributed by atoms with Crippen molar-refractivity contribution in [3.8, 4) is 0 Å². The summed E-state index contributed by atoms with van der Waals surface area (Å²) in [5, 5.41) is 0. The molecule has 2 aliphatic rings. The zero-order chi connectivity index (χ0) is 19.8. The number of carbonyl (C=O) groups excluding carboxylic acids is 3. The van der Waals surface area contributed by atoms with Crippen LogP contribution in [0.5, 0.6) is 0 Å². The Balaban J connectivity index is 1.71. The van der Waals surface area contributed by atoms with Gasteiger partial charge in [0.15, 0.2) is 0 Å². The second-order valence-electron chi connectivity index (χ2n) is 7.89. The summed E-state index contributed by atoms with van der Waals surface area (Å²) in [6.07, 6.45) is 2.25. The average molecular weight is 376 g/mol. The first kappa shape index (κ1) is 18.4. The maximum atomic E-state index is 13.6. The fourth-order valence-corrected chi connectivity index (χ4v) is 4.20. The Bertz CT molecular complexity index is 915. The number of fused-ring (bicyclic) bond motifs is 2. The van der Waals surface area contributed by atoms with Gasteiger partial charge >= 0.3 is 0 Å². The summed E-state index contributed by atoms with van der Waals surface area (Å²) in [5.41, 5.74) is 2.79. The zero-order valence-corrected chi connectivity index (χ0v) is 16.2. The molecule has 0 saturated heterocycles. The molecule has 5 nitrogen and oxygen atoms in total. The molecular weight excluding hydrogens is 352 g/mol. The van der Waals surface area contributed by atoms with Crippen molar-refractivity contribution in [1.29, 1.82) is 0 Å². The standard InChI is InChI=1S/C23H24N2O3/c1-15(2)14-20(25-21(26)17-10-4-5-11-18(17)22(25)27)23(28)24-13-7-9-16-8-3-6-12-19(16)24/h3-6,8,10-12,15,20H,7,9,13-14H2,1-2H3/t20-/m1/s1. The minimum Gasteiger partial charge on any atom is -0.310 e. The Morgan fingerprint density at radius 2 is 1.57 bits per heavy atom. The molecule has 144 valence electrons. The molecule has 4 rings (SSSR count). The van der Waals surface area contributed by atoms with Crippen LogP contribution in [-0.2, 0) is 11.2 Å². The molecule has 28 heavy (non-hydrogen) atoms. The van der Waals surface area contributed by atoms with E-state index in [0.717, 1.165) is 24.1 Å². The van der Waals surface area contributed by atoms with Crippen LogP contribution in [-0.4, -0.2) is 35.2 Å². The number of hydrogen-bond acceptors (Lipinski definition) is 3. The van der Waals surface area contributed by atoms with E-state index >= 15 is 0 Å². The fourth-order valence-electron chi connectivity index (χ4n) is 4.20. The number of anilines is 1. The van der Waals surface area contributed by atoms with Crippen LogP contribution >= 0.6 is 0 Å². The van der Waals surface area contributed by atoms with E-state index in [1.54, 1.807) is 29.2 Å². The third-order valence-electron chi connectivity index (χ3n) is 5.49. The predicted molar refractivity (Wildman–Crippen MR) is 107 cm³/mol. The lowest BCUT2D eigenvalue weighted by atomic mass is 9.97. The lowest BCUT2D eigenvalue weighted by Crippen LogP contribution is -2.52. The number of rotatable bonds is 4. The summed E-state index contributed by atoms with van der Waals surface area (Å²) in [7, 11) is 0. The lowest BCUT2D eigenvalue weighted by molar-refractivity contribution is -0.123. The second-order valence-corrected chi connectivity index (χ2v) is 7.89. The Labute approximate surface area is 164 Å². The monoisotopic (exact) mass is 376 g/mol. The Kier molecular flexibility index (Phi) is 4.75. The van der Waals surface area contributed by atoms with Gasteiger partial charge < -0.3 is 4.90 Å². The highest BCUT2D eigenvalue weighted by atomic mass is 16.2. The molecule has 5 heteroatoms. The minimum atomic E-state index is -0.793. The van der Waals surface area contributed by atoms with E-state index in [-0.39, 0.29) is 23.6 Å². The van der Waals surface area contributed by atoms with Gasteiger partial charge in [-0.1, -0.05) is 44.2 Å². The number of amides is 3. The van der Waals surface area contributed by atoms with E-state index in [1.807, 2.05) is 38.1 Å². The molecule has 0 radical (unpaired) electrons. The SMILES string of the molecule is CC(C)C[C@H](C(=O)N1CCCc2ccccc21)N1C(=O)c2ccccc2C1=O. The molecule has 0 fully saturated rings. The van der Waals surface area contributed by atoms with Crippen molar-refractivity contribution in [3.05, 3.63) is 65.2 Å². The van der Waals surface area contributed by atoms with Gasteiger partial charge in [0.2, 0.25) is 5.91 Å². The first-order valence-electron chi connectivity index (χ1n) is 9.85. The topological polar surface area (TPSA) is 57.7 Å². The number of nitrogens with zero attached hydrogens (tertiary/aromatic N) is 2. The van der Waals surface area contributed by atoms with Crippen LogP contribution in [0.3, 0.4) is 0 Å². The van der Waals surface area contributed by atoms with Crippen LogP contribution in [0, 0.1) is 5.92 Å². The van der Waals surface area contributed by atoms with Crippen LogP contribution in [0.1, 0.15) is 53.0 Å². The highest BCUT2D eigenvalue weighted by molar-refractivity contribution is 6.23. The predicted octanol–water partition coefficient (Wildman–Crippen LogP) is 3.68. The molecular formula is C23H24N2O3. The van der Waals surface area contributed by atoms with E-state index < -0.39 is 6.04 Å². The van der Waals surface area contributed by atoms with Gasteiger partial charge in [-0.05, 0) is 48.9 Å². The van der Waals surface area contributed by atoms with Gasteiger partial charge in [0, 0.05) is 12.2 Å². The average Bonchev–Trinajstić information content (AvgIpc) is 2.96. The molecule has 2 aromatic carbocycles. The molecule has 2 heterocycles. The Morgan fingerprint density at radius 3 is 2.21 bits per heavy atom. The molecule has 3 amide bonds. The first-order valence-corrected chi connectivity index (χ1v) is 9.85. The largest absolute Gasteiger partial charge is 0.310 e. The van der Waals surface area contributed by atoms with Crippen LogP contribution in [0.25, 0.3) is 0 Å². The minimum absolute atomic E-state index is 0.165. The number of imide groups is 1. The highest BCUT2D eigenvalue weighted by Gasteiger charge is 2.44. The summed E-state index contributed by atoms with van der Waals surface area (Å²) in [6.45, 7) is 4.61. The van der Waals surface area contributed by atoms with Crippen molar-refractivity contribution in [2.45, 2.75) is 39.2 Å². The first-order chi connectivity index (χ1) is 13.5. The van der Waals surface area contributed by atoms with E-state index in [1.165, 1.54) is 4.90 Å².